The highest BCUT2D eigenvalue weighted by Gasteiger charge is 2.60. The van der Waals surface area contributed by atoms with E-state index in [1.807, 2.05) is 13.8 Å². The molecule has 0 atom stereocenters. The third-order valence-electron chi connectivity index (χ3n) is 5.19. The van der Waals surface area contributed by atoms with Crippen LogP contribution in [0.1, 0.15) is 47.4 Å². The smallest absolute Gasteiger partial charge is 0.329 e. The van der Waals surface area contributed by atoms with Gasteiger partial charge in [0.2, 0.25) is 0 Å². The Morgan fingerprint density at radius 3 is 2.41 bits per heavy atom. The van der Waals surface area contributed by atoms with Crippen LogP contribution in [0.3, 0.4) is 0 Å². The number of H-pyrrole nitrogens is 1. The lowest BCUT2D eigenvalue weighted by molar-refractivity contribution is -0.161. The monoisotopic (exact) mass is 306 g/mol. The van der Waals surface area contributed by atoms with Crippen LogP contribution < -0.4 is 5.32 Å². The third-order valence-corrected chi connectivity index (χ3v) is 5.19. The zero-order valence-electron chi connectivity index (χ0n) is 13.0. The number of rotatable bonds is 3. The average Bonchev–Trinajstić information content (AvgIpc) is 2.78. The number of carboxylic acid groups (broad SMARTS) is 1. The van der Waals surface area contributed by atoms with Crippen molar-refractivity contribution in [3.63, 3.8) is 0 Å². The molecule has 0 aromatic carbocycles. The lowest BCUT2D eigenvalue weighted by Crippen LogP contribution is -2.67. The first-order valence-electron chi connectivity index (χ1n) is 7.66. The van der Waals surface area contributed by atoms with E-state index in [9.17, 15) is 14.7 Å². The summed E-state index contributed by atoms with van der Waals surface area (Å²) in [4.78, 5) is 27.1. The van der Waals surface area contributed by atoms with Gasteiger partial charge in [-0.3, -0.25) is 4.79 Å². The van der Waals surface area contributed by atoms with E-state index in [0.29, 0.717) is 31.7 Å². The predicted molar refractivity (Wildman–Crippen MR) is 79.8 cm³/mol. The molecule has 6 nitrogen and oxygen atoms in total. The van der Waals surface area contributed by atoms with Crippen molar-refractivity contribution >= 4 is 11.9 Å². The van der Waals surface area contributed by atoms with E-state index in [-0.39, 0.29) is 11.3 Å². The fraction of sp³-hybridized carbons (Fsp3) is 0.625. The van der Waals surface area contributed by atoms with Crippen molar-refractivity contribution in [3.05, 3.63) is 23.0 Å². The Morgan fingerprint density at radius 2 is 1.91 bits per heavy atom. The van der Waals surface area contributed by atoms with Crippen LogP contribution in [-0.4, -0.2) is 40.7 Å². The number of hydrogen-bond acceptors (Lipinski definition) is 3. The van der Waals surface area contributed by atoms with Gasteiger partial charge >= 0.3 is 5.97 Å². The lowest BCUT2D eigenvalue weighted by Gasteiger charge is -2.55. The number of aromatic amines is 1. The highest BCUT2D eigenvalue weighted by molar-refractivity contribution is 5.97. The van der Waals surface area contributed by atoms with Crippen LogP contribution >= 0.6 is 0 Å². The number of aromatic nitrogens is 1. The van der Waals surface area contributed by atoms with Gasteiger partial charge in [-0.15, -0.1) is 0 Å². The molecule has 0 unspecified atom stereocenters. The minimum atomic E-state index is -1.14. The molecule has 6 heteroatoms. The van der Waals surface area contributed by atoms with Crippen LogP contribution in [-0.2, 0) is 9.53 Å². The zero-order chi connectivity index (χ0) is 16.0. The molecule has 0 bridgehead atoms. The van der Waals surface area contributed by atoms with Gasteiger partial charge in [-0.2, -0.15) is 0 Å². The van der Waals surface area contributed by atoms with Gasteiger partial charge in [0.1, 0.15) is 11.2 Å². The van der Waals surface area contributed by atoms with Crippen molar-refractivity contribution in [2.75, 3.05) is 13.2 Å². The second-order valence-electron chi connectivity index (χ2n) is 6.80. The average molecular weight is 306 g/mol. The SMILES string of the molecule is Cc1cc(C(=O)NC2(C(=O)O)CC3(CCOCC3)C2)[nH]c1C. The van der Waals surface area contributed by atoms with Gasteiger partial charge in [0.05, 0.1) is 0 Å². The van der Waals surface area contributed by atoms with E-state index < -0.39 is 11.5 Å². The fourth-order valence-electron chi connectivity index (χ4n) is 3.75. The Labute approximate surface area is 129 Å². The first-order valence-corrected chi connectivity index (χ1v) is 7.66. The molecular weight excluding hydrogens is 284 g/mol. The van der Waals surface area contributed by atoms with Crippen LogP contribution in [0, 0.1) is 19.3 Å². The Morgan fingerprint density at radius 1 is 1.27 bits per heavy atom. The summed E-state index contributed by atoms with van der Waals surface area (Å²) in [6.45, 7) is 5.16. The molecule has 1 amide bonds. The molecule has 1 aromatic rings. The van der Waals surface area contributed by atoms with Crippen molar-refractivity contribution in [2.45, 2.75) is 45.1 Å². The molecule has 1 aliphatic heterocycles. The summed E-state index contributed by atoms with van der Waals surface area (Å²) in [6.07, 6.45) is 2.73. The topological polar surface area (TPSA) is 91.4 Å². The van der Waals surface area contributed by atoms with Crippen LogP contribution in [0.25, 0.3) is 0 Å². The summed E-state index contributed by atoms with van der Waals surface area (Å²) in [7, 11) is 0. The maximum atomic E-state index is 12.4. The molecule has 3 N–H and O–H groups in total. The Bertz CT molecular complexity index is 586. The van der Waals surface area contributed by atoms with Gasteiger partial charge in [-0.25, -0.2) is 4.79 Å². The zero-order valence-corrected chi connectivity index (χ0v) is 13.0. The Balaban J connectivity index is 1.73. The number of amides is 1. The van der Waals surface area contributed by atoms with Gasteiger partial charge in [-0.05, 0) is 56.6 Å². The first kappa shape index (κ1) is 15.1. The number of carbonyl (C=O) groups excluding carboxylic acids is 1. The summed E-state index contributed by atoms with van der Waals surface area (Å²) < 4.78 is 5.36. The standard InChI is InChI=1S/C16H22N2O4/c1-10-7-12(17-11(10)2)13(19)18-16(14(20)21)8-15(9-16)3-5-22-6-4-15/h7,17H,3-6,8-9H2,1-2H3,(H,18,19)(H,20,21). The molecule has 0 radical (unpaired) electrons. The molecule has 1 aliphatic carbocycles. The van der Waals surface area contributed by atoms with Crippen molar-refractivity contribution < 1.29 is 19.4 Å². The summed E-state index contributed by atoms with van der Waals surface area (Å²) in [5, 5.41) is 12.3. The predicted octanol–water partition coefficient (Wildman–Crippen LogP) is 1.78. The molecular formula is C16H22N2O4. The Hall–Kier alpha value is -1.82. The molecule has 2 heterocycles. The second kappa shape index (κ2) is 5.12. The fourth-order valence-corrected chi connectivity index (χ4v) is 3.75. The van der Waals surface area contributed by atoms with E-state index in [1.54, 1.807) is 6.07 Å². The normalized spacial score (nSPS) is 22.1. The summed E-state index contributed by atoms with van der Waals surface area (Å²) >= 11 is 0. The molecule has 1 aromatic heterocycles. The van der Waals surface area contributed by atoms with Crippen molar-refractivity contribution in [1.82, 2.24) is 10.3 Å². The number of carbonyl (C=O) groups is 2. The van der Waals surface area contributed by atoms with E-state index in [1.165, 1.54) is 0 Å². The van der Waals surface area contributed by atoms with Gasteiger partial charge in [0, 0.05) is 18.9 Å². The molecule has 120 valence electrons. The first-order chi connectivity index (χ1) is 10.4. The highest BCUT2D eigenvalue weighted by atomic mass is 16.5. The maximum Gasteiger partial charge on any atom is 0.329 e. The van der Waals surface area contributed by atoms with Gasteiger partial charge in [-0.1, -0.05) is 0 Å². The maximum absolute atomic E-state index is 12.4. The molecule has 1 spiro atoms. The van der Waals surface area contributed by atoms with Crippen molar-refractivity contribution in [3.8, 4) is 0 Å². The van der Waals surface area contributed by atoms with E-state index in [0.717, 1.165) is 24.1 Å². The van der Waals surface area contributed by atoms with Crippen LogP contribution in [0.4, 0.5) is 0 Å². The highest BCUT2D eigenvalue weighted by Crippen LogP contribution is 2.54. The van der Waals surface area contributed by atoms with E-state index >= 15 is 0 Å². The van der Waals surface area contributed by atoms with E-state index in [2.05, 4.69) is 10.3 Å². The van der Waals surface area contributed by atoms with E-state index in [4.69, 9.17) is 4.74 Å². The van der Waals surface area contributed by atoms with Gasteiger partial charge < -0.3 is 20.1 Å². The minimum absolute atomic E-state index is 0.0193. The van der Waals surface area contributed by atoms with Gasteiger partial charge in [0.15, 0.2) is 0 Å². The second-order valence-corrected chi connectivity index (χ2v) is 6.80. The molecule has 1 saturated carbocycles. The lowest BCUT2D eigenvalue weighted by atomic mass is 9.54. The van der Waals surface area contributed by atoms with Gasteiger partial charge in [0.25, 0.3) is 5.91 Å². The van der Waals surface area contributed by atoms with Crippen LogP contribution in [0.15, 0.2) is 6.07 Å². The minimum Gasteiger partial charge on any atom is -0.480 e. The molecule has 2 aliphatic rings. The number of aryl methyl sites for hydroxylation is 2. The Kier molecular flexibility index (Phi) is 3.51. The number of ether oxygens (including phenoxy) is 1. The quantitative estimate of drug-likeness (QED) is 0.793. The van der Waals surface area contributed by atoms with Crippen molar-refractivity contribution in [1.29, 1.82) is 0 Å². The molecule has 22 heavy (non-hydrogen) atoms. The number of nitrogens with one attached hydrogen (secondary N) is 2. The number of hydrogen-bond donors (Lipinski definition) is 3. The summed E-state index contributed by atoms with van der Waals surface area (Å²) in [5.74, 6) is -1.29. The number of aliphatic carboxylic acids is 1. The molecule has 3 rings (SSSR count). The largest absolute Gasteiger partial charge is 0.480 e. The number of carboxylic acids is 1. The summed E-state index contributed by atoms with van der Waals surface area (Å²) in [5.41, 5.74) is 1.21. The van der Waals surface area contributed by atoms with Crippen molar-refractivity contribution in [2.24, 2.45) is 5.41 Å². The molecule has 1 saturated heterocycles. The third kappa shape index (κ3) is 2.41. The molecule has 2 fully saturated rings. The summed E-state index contributed by atoms with van der Waals surface area (Å²) in [6, 6.07) is 1.75. The van der Waals surface area contributed by atoms with Crippen LogP contribution in [0.2, 0.25) is 0 Å². The van der Waals surface area contributed by atoms with Crippen LogP contribution in [0.5, 0.6) is 0 Å².